The van der Waals surface area contributed by atoms with Gasteiger partial charge in [0.05, 0.1) is 6.61 Å². The average Bonchev–Trinajstić information content (AvgIpc) is 2.49. The molecule has 0 bridgehead atoms. The van der Waals surface area contributed by atoms with Crippen LogP contribution in [0.25, 0.3) is 0 Å². The highest BCUT2D eigenvalue weighted by Gasteiger charge is 2.11. The first-order chi connectivity index (χ1) is 10.1. The van der Waals surface area contributed by atoms with Crippen LogP contribution in [-0.4, -0.2) is 6.61 Å². The number of rotatable bonds is 6. The predicted octanol–water partition coefficient (Wildman–Crippen LogP) is 4.21. The predicted molar refractivity (Wildman–Crippen MR) is 79.2 cm³/mol. The molecule has 1 N–H and O–H groups in total. The minimum atomic E-state index is -0.825. The molecule has 2 aromatic rings. The smallest absolute Gasteiger partial charge is 0.159 e. The third-order valence-corrected chi connectivity index (χ3v) is 3.28. The molecule has 2 nitrogen and oxygen atoms in total. The first-order valence-corrected chi connectivity index (χ1v) is 7.01. The zero-order valence-corrected chi connectivity index (χ0v) is 12.2. The fraction of sp³-hybridized carbons (Fsp3) is 0.294. The fourth-order valence-electron chi connectivity index (χ4n) is 2.16. The molecule has 0 saturated carbocycles. The molecule has 1 atom stereocenters. The summed E-state index contributed by atoms with van der Waals surface area (Å²) in [5.74, 6) is -0.810. The van der Waals surface area contributed by atoms with E-state index in [9.17, 15) is 8.78 Å². The number of nitrogens with one attached hydrogen (secondary N) is 1. The molecule has 2 rings (SSSR count). The van der Waals surface area contributed by atoms with Crippen molar-refractivity contribution in [2.45, 2.75) is 26.4 Å². The van der Waals surface area contributed by atoms with Gasteiger partial charge in [0.25, 0.3) is 0 Å². The number of halogens is 2. The van der Waals surface area contributed by atoms with Crippen molar-refractivity contribution < 1.29 is 13.5 Å². The molecule has 0 aromatic heterocycles. The monoisotopic (exact) mass is 291 g/mol. The molecule has 2 aromatic carbocycles. The Balaban J connectivity index is 2.04. The summed E-state index contributed by atoms with van der Waals surface area (Å²) in [6.07, 6.45) is 0. The van der Waals surface area contributed by atoms with E-state index in [1.807, 2.05) is 38.1 Å². The second-order valence-electron chi connectivity index (χ2n) is 4.82. The minimum Gasteiger partial charge on any atom is -0.494 e. The summed E-state index contributed by atoms with van der Waals surface area (Å²) in [6.45, 7) is 5.01. The van der Waals surface area contributed by atoms with E-state index in [4.69, 9.17) is 4.74 Å². The van der Waals surface area contributed by atoms with E-state index in [1.54, 1.807) is 6.07 Å². The lowest BCUT2D eigenvalue weighted by Gasteiger charge is -2.18. The van der Waals surface area contributed by atoms with Gasteiger partial charge < -0.3 is 10.1 Å². The Morgan fingerprint density at radius 3 is 2.57 bits per heavy atom. The lowest BCUT2D eigenvalue weighted by atomic mass is 10.1. The molecule has 0 heterocycles. The van der Waals surface area contributed by atoms with E-state index in [2.05, 4.69) is 5.32 Å². The van der Waals surface area contributed by atoms with Gasteiger partial charge in [-0.15, -0.1) is 0 Å². The molecule has 0 spiro atoms. The number of benzene rings is 2. The van der Waals surface area contributed by atoms with Crippen molar-refractivity contribution in [1.82, 2.24) is 5.32 Å². The minimum absolute atomic E-state index is 0.0425. The molecule has 0 fully saturated rings. The van der Waals surface area contributed by atoms with Crippen LogP contribution in [0.4, 0.5) is 8.78 Å². The summed E-state index contributed by atoms with van der Waals surface area (Å²) in [5.41, 5.74) is 1.75. The number of hydrogen-bond donors (Lipinski definition) is 1. The maximum atomic E-state index is 13.2. The van der Waals surface area contributed by atoms with Gasteiger partial charge in [0.2, 0.25) is 0 Å². The zero-order chi connectivity index (χ0) is 15.2. The van der Waals surface area contributed by atoms with Crippen LogP contribution < -0.4 is 10.1 Å². The van der Waals surface area contributed by atoms with E-state index >= 15 is 0 Å². The first kappa shape index (κ1) is 15.4. The molecule has 0 aliphatic carbocycles. The van der Waals surface area contributed by atoms with Gasteiger partial charge in [-0.1, -0.05) is 24.3 Å². The molecule has 0 amide bonds. The van der Waals surface area contributed by atoms with E-state index in [0.29, 0.717) is 18.7 Å². The van der Waals surface area contributed by atoms with E-state index in [-0.39, 0.29) is 6.04 Å². The lowest BCUT2D eigenvalue weighted by Crippen LogP contribution is -2.19. The molecular formula is C17H19F2NO. The van der Waals surface area contributed by atoms with Gasteiger partial charge in [-0.2, -0.15) is 0 Å². The van der Waals surface area contributed by atoms with Crippen molar-refractivity contribution in [3.63, 3.8) is 0 Å². The highest BCUT2D eigenvalue weighted by Crippen LogP contribution is 2.25. The maximum Gasteiger partial charge on any atom is 0.159 e. The van der Waals surface area contributed by atoms with Crippen LogP contribution in [0.1, 0.15) is 31.0 Å². The van der Waals surface area contributed by atoms with Crippen LogP contribution in [0.3, 0.4) is 0 Å². The van der Waals surface area contributed by atoms with Crippen LogP contribution in [-0.2, 0) is 6.54 Å². The normalized spacial score (nSPS) is 12.2. The lowest BCUT2D eigenvalue weighted by molar-refractivity contribution is 0.332. The van der Waals surface area contributed by atoms with Gasteiger partial charge in [0.1, 0.15) is 5.75 Å². The van der Waals surface area contributed by atoms with Gasteiger partial charge in [0.15, 0.2) is 11.6 Å². The molecule has 0 aliphatic heterocycles. The largest absolute Gasteiger partial charge is 0.494 e. The Morgan fingerprint density at radius 1 is 1.10 bits per heavy atom. The van der Waals surface area contributed by atoms with Crippen molar-refractivity contribution in [3.05, 3.63) is 65.2 Å². The molecule has 4 heteroatoms. The molecule has 112 valence electrons. The Morgan fingerprint density at radius 2 is 1.86 bits per heavy atom. The number of para-hydroxylation sites is 1. The standard InChI is InChI=1S/C17H19F2NO/c1-3-21-17-7-5-4-6-14(17)12(2)20-11-13-8-9-15(18)16(19)10-13/h4-10,12,20H,3,11H2,1-2H3. The Kier molecular flexibility index (Phi) is 5.28. The Hall–Kier alpha value is -1.94. The van der Waals surface area contributed by atoms with Crippen LogP contribution in [0.2, 0.25) is 0 Å². The SMILES string of the molecule is CCOc1ccccc1C(C)NCc1ccc(F)c(F)c1. The van der Waals surface area contributed by atoms with E-state index in [0.717, 1.165) is 17.4 Å². The molecule has 21 heavy (non-hydrogen) atoms. The van der Waals surface area contributed by atoms with Crippen molar-refractivity contribution in [3.8, 4) is 5.75 Å². The van der Waals surface area contributed by atoms with Crippen molar-refractivity contribution in [1.29, 1.82) is 0 Å². The Bertz CT molecular complexity index is 601. The summed E-state index contributed by atoms with van der Waals surface area (Å²) >= 11 is 0. The molecule has 0 aliphatic rings. The average molecular weight is 291 g/mol. The molecule has 0 saturated heterocycles. The summed E-state index contributed by atoms with van der Waals surface area (Å²) in [4.78, 5) is 0. The first-order valence-electron chi connectivity index (χ1n) is 7.01. The third-order valence-electron chi connectivity index (χ3n) is 3.28. The Labute approximate surface area is 123 Å². The second-order valence-corrected chi connectivity index (χ2v) is 4.82. The topological polar surface area (TPSA) is 21.3 Å². The highest BCUT2D eigenvalue weighted by atomic mass is 19.2. The van der Waals surface area contributed by atoms with E-state index in [1.165, 1.54) is 6.07 Å². The van der Waals surface area contributed by atoms with Crippen molar-refractivity contribution in [2.75, 3.05) is 6.61 Å². The summed E-state index contributed by atoms with van der Waals surface area (Å²) < 4.78 is 31.7. The molecular weight excluding hydrogens is 272 g/mol. The molecule has 0 radical (unpaired) electrons. The van der Waals surface area contributed by atoms with Gasteiger partial charge in [-0.25, -0.2) is 8.78 Å². The van der Waals surface area contributed by atoms with E-state index < -0.39 is 11.6 Å². The fourth-order valence-corrected chi connectivity index (χ4v) is 2.16. The summed E-state index contributed by atoms with van der Waals surface area (Å²) in [7, 11) is 0. The van der Waals surface area contributed by atoms with Crippen LogP contribution in [0.15, 0.2) is 42.5 Å². The van der Waals surface area contributed by atoms with Gasteiger partial charge in [-0.05, 0) is 37.6 Å². The van der Waals surface area contributed by atoms with Crippen molar-refractivity contribution in [2.24, 2.45) is 0 Å². The van der Waals surface area contributed by atoms with Crippen LogP contribution in [0, 0.1) is 11.6 Å². The number of ether oxygens (including phenoxy) is 1. The summed E-state index contributed by atoms with van der Waals surface area (Å²) in [6, 6.07) is 11.8. The number of hydrogen-bond acceptors (Lipinski definition) is 2. The highest BCUT2D eigenvalue weighted by molar-refractivity contribution is 5.35. The molecule has 1 unspecified atom stereocenters. The van der Waals surface area contributed by atoms with Gasteiger partial charge in [0, 0.05) is 18.2 Å². The van der Waals surface area contributed by atoms with Crippen LogP contribution >= 0.6 is 0 Å². The van der Waals surface area contributed by atoms with Crippen molar-refractivity contribution >= 4 is 0 Å². The zero-order valence-electron chi connectivity index (χ0n) is 12.2. The van der Waals surface area contributed by atoms with Gasteiger partial charge in [-0.3, -0.25) is 0 Å². The van der Waals surface area contributed by atoms with Gasteiger partial charge >= 0.3 is 0 Å². The van der Waals surface area contributed by atoms with Crippen LogP contribution in [0.5, 0.6) is 5.75 Å². The summed E-state index contributed by atoms with van der Waals surface area (Å²) in [5, 5.41) is 3.29. The third kappa shape index (κ3) is 4.02. The maximum absolute atomic E-state index is 13.2. The second kappa shape index (κ2) is 7.18. The quantitative estimate of drug-likeness (QED) is 0.860.